The molecule has 5 heterocycles. The minimum atomic E-state index is -0.960. The number of ether oxygens (including phenoxy) is 1. The van der Waals surface area contributed by atoms with Crippen molar-refractivity contribution < 1.29 is 28.8 Å². The van der Waals surface area contributed by atoms with Crippen molar-refractivity contribution in [2.24, 2.45) is 5.92 Å². The first-order valence-corrected chi connectivity index (χ1v) is 17.8. The molecule has 4 amide bonds. The molecule has 1 N–H and O–H groups in total. The van der Waals surface area contributed by atoms with Crippen LogP contribution in [0.15, 0.2) is 30.3 Å². The minimum Gasteiger partial charge on any atom is -0.490 e. The quantitative estimate of drug-likeness (QED) is 0.248. The van der Waals surface area contributed by atoms with Crippen LogP contribution in [0.2, 0.25) is 0 Å². The van der Waals surface area contributed by atoms with E-state index in [1.165, 1.54) is 7.11 Å². The summed E-state index contributed by atoms with van der Waals surface area (Å²) < 4.78 is 5.32. The summed E-state index contributed by atoms with van der Waals surface area (Å²) in [5, 5.41) is 13.7. The molecule has 0 spiro atoms. The maximum atomic E-state index is 13.3. The summed E-state index contributed by atoms with van der Waals surface area (Å²) in [6.45, 7) is 10.7. The number of nitro groups is 1. The van der Waals surface area contributed by atoms with Crippen LogP contribution >= 0.6 is 0 Å². The average Bonchev–Trinajstić information content (AvgIpc) is 3.37. The first-order valence-electron chi connectivity index (χ1n) is 17.8. The molecule has 1 atom stereocenters. The van der Waals surface area contributed by atoms with Gasteiger partial charge in [-0.3, -0.25) is 44.4 Å². The lowest BCUT2D eigenvalue weighted by atomic mass is 9.93. The third kappa shape index (κ3) is 6.53. The SMILES string of the molecule is COc1cc(N2CCN(C3CCN(CC4CCN(c5ccc6c(c5)C(=O)N(C5CCC(=O)NC5=O)C6=O)CC4)CC3)CC2)c(C)cc1[N+](=O)[O-]. The zero-order valence-corrected chi connectivity index (χ0v) is 28.8. The second-order valence-corrected chi connectivity index (χ2v) is 14.2. The number of nitrogens with one attached hydrogen (secondary N) is 1. The number of nitrogens with zero attached hydrogens (tertiary/aromatic N) is 6. The van der Waals surface area contributed by atoms with E-state index in [2.05, 4.69) is 24.9 Å². The van der Waals surface area contributed by atoms with Gasteiger partial charge in [-0.2, -0.15) is 0 Å². The molecular weight excluding hydrogens is 642 g/mol. The summed E-state index contributed by atoms with van der Waals surface area (Å²) in [4.78, 5) is 72.2. The molecular formula is C36H45N7O7. The number of piperazine rings is 1. The number of carbonyl (C=O) groups excluding carboxylic acids is 4. The lowest BCUT2D eigenvalue weighted by molar-refractivity contribution is -0.385. The van der Waals surface area contributed by atoms with E-state index >= 15 is 0 Å². The van der Waals surface area contributed by atoms with Crippen molar-refractivity contribution >= 4 is 40.7 Å². The number of benzene rings is 2. The fraction of sp³-hybridized carbons (Fsp3) is 0.556. The van der Waals surface area contributed by atoms with Gasteiger partial charge < -0.3 is 19.4 Å². The highest BCUT2D eigenvalue weighted by atomic mass is 16.6. The average molecular weight is 688 g/mol. The lowest BCUT2D eigenvalue weighted by Gasteiger charge is -2.44. The Morgan fingerprint density at radius 2 is 1.54 bits per heavy atom. The van der Waals surface area contributed by atoms with Crippen molar-refractivity contribution in [1.29, 1.82) is 0 Å². The number of likely N-dealkylation sites (tertiary alicyclic amines) is 1. The van der Waals surface area contributed by atoms with Crippen LogP contribution in [0.5, 0.6) is 5.75 Å². The van der Waals surface area contributed by atoms with Gasteiger partial charge in [0.15, 0.2) is 5.75 Å². The number of aryl methyl sites for hydroxylation is 1. The highest BCUT2D eigenvalue weighted by molar-refractivity contribution is 6.23. The van der Waals surface area contributed by atoms with Crippen LogP contribution in [0, 0.1) is 23.0 Å². The molecule has 7 rings (SSSR count). The molecule has 2 aromatic rings. The summed E-state index contributed by atoms with van der Waals surface area (Å²) in [5.41, 5.74) is 3.44. The molecule has 0 aromatic heterocycles. The molecule has 266 valence electrons. The van der Waals surface area contributed by atoms with Gasteiger partial charge >= 0.3 is 5.69 Å². The monoisotopic (exact) mass is 687 g/mol. The molecule has 0 saturated carbocycles. The third-order valence-electron chi connectivity index (χ3n) is 11.3. The number of anilines is 2. The van der Waals surface area contributed by atoms with Crippen molar-refractivity contribution in [2.75, 3.05) is 75.8 Å². The summed E-state index contributed by atoms with van der Waals surface area (Å²) in [6, 6.07) is 8.41. The first kappa shape index (κ1) is 33.9. The maximum Gasteiger partial charge on any atom is 0.311 e. The molecule has 4 saturated heterocycles. The van der Waals surface area contributed by atoms with Crippen LogP contribution < -0.4 is 19.9 Å². The minimum absolute atomic E-state index is 0.00167. The van der Waals surface area contributed by atoms with E-state index in [4.69, 9.17) is 4.74 Å². The van der Waals surface area contributed by atoms with Crippen molar-refractivity contribution in [3.05, 3.63) is 57.1 Å². The molecule has 1 unspecified atom stereocenters. The Balaban J connectivity index is 0.864. The predicted molar refractivity (Wildman–Crippen MR) is 186 cm³/mol. The van der Waals surface area contributed by atoms with E-state index in [0.29, 0.717) is 28.8 Å². The van der Waals surface area contributed by atoms with Crippen LogP contribution in [0.1, 0.15) is 64.8 Å². The zero-order chi connectivity index (χ0) is 35.1. The largest absolute Gasteiger partial charge is 0.490 e. The molecule has 14 nitrogen and oxygen atoms in total. The van der Waals surface area contributed by atoms with Crippen LogP contribution in [0.4, 0.5) is 17.1 Å². The highest BCUT2D eigenvalue weighted by Gasteiger charge is 2.45. The number of fused-ring (bicyclic) bond motifs is 1. The molecule has 5 aliphatic heterocycles. The Morgan fingerprint density at radius 1 is 0.840 bits per heavy atom. The number of piperidine rings is 3. The van der Waals surface area contributed by atoms with Gasteiger partial charge in [-0.1, -0.05) is 0 Å². The fourth-order valence-electron chi connectivity index (χ4n) is 8.50. The smallest absolute Gasteiger partial charge is 0.311 e. The number of rotatable bonds is 8. The van der Waals surface area contributed by atoms with Gasteiger partial charge in [0.2, 0.25) is 11.8 Å². The topological polar surface area (TPSA) is 149 Å². The number of hydrogen-bond acceptors (Lipinski definition) is 11. The van der Waals surface area contributed by atoms with Gasteiger partial charge in [0.05, 0.1) is 23.2 Å². The molecule has 5 aliphatic rings. The Morgan fingerprint density at radius 3 is 2.20 bits per heavy atom. The van der Waals surface area contributed by atoms with Crippen molar-refractivity contribution in [1.82, 2.24) is 20.0 Å². The van der Waals surface area contributed by atoms with E-state index < -0.39 is 28.7 Å². The summed E-state index contributed by atoms with van der Waals surface area (Å²) in [7, 11) is 1.47. The van der Waals surface area contributed by atoms with E-state index in [1.54, 1.807) is 24.3 Å². The number of carbonyl (C=O) groups is 4. The van der Waals surface area contributed by atoms with E-state index in [-0.39, 0.29) is 24.4 Å². The van der Waals surface area contributed by atoms with Gasteiger partial charge in [-0.25, -0.2) is 0 Å². The molecule has 4 fully saturated rings. The molecule has 0 radical (unpaired) electrons. The standard InChI is InChI=1S/C36H45N7O7/c1-23-19-31(43(48)49)32(50-2)21-30(23)41-17-15-40(16-18-41)25-9-11-38(12-10-25)22-24-7-13-39(14-8-24)26-3-4-27-28(20-26)36(47)42(35(27)46)29-5-6-33(44)37-34(29)45/h3-4,19-21,24-25,29H,5-18,22H2,1-2H3,(H,37,44,45). The van der Waals surface area contributed by atoms with Gasteiger partial charge in [-0.05, 0) is 81.8 Å². The first-order chi connectivity index (χ1) is 24.1. The summed E-state index contributed by atoms with van der Waals surface area (Å²) >= 11 is 0. The van der Waals surface area contributed by atoms with Crippen LogP contribution in [0.25, 0.3) is 0 Å². The highest BCUT2D eigenvalue weighted by Crippen LogP contribution is 2.36. The number of nitro benzene ring substituents is 1. The third-order valence-corrected chi connectivity index (χ3v) is 11.3. The van der Waals surface area contributed by atoms with Crippen molar-refractivity contribution in [3.8, 4) is 5.75 Å². The zero-order valence-electron chi connectivity index (χ0n) is 28.8. The Hall–Kier alpha value is -4.56. The number of imide groups is 2. The Labute approximate surface area is 291 Å². The lowest BCUT2D eigenvalue weighted by Crippen LogP contribution is -2.54. The van der Waals surface area contributed by atoms with Gasteiger partial charge in [0.1, 0.15) is 6.04 Å². The van der Waals surface area contributed by atoms with Gasteiger partial charge in [0, 0.05) is 81.8 Å². The van der Waals surface area contributed by atoms with E-state index in [9.17, 15) is 29.3 Å². The summed E-state index contributed by atoms with van der Waals surface area (Å²) in [6.07, 6.45) is 4.67. The second kappa shape index (κ2) is 14.0. The number of amides is 4. The van der Waals surface area contributed by atoms with Crippen LogP contribution in [-0.4, -0.2) is 121 Å². The maximum absolute atomic E-state index is 13.3. The molecule has 0 aliphatic carbocycles. The molecule has 0 bridgehead atoms. The Bertz CT molecular complexity index is 1690. The normalized spacial score (nSPS) is 23.0. The second-order valence-electron chi connectivity index (χ2n) is 14.2. The van der Waals surface area contributed by atoms with E-state index in [1.807, 2.05) is 13.0 Å². The predicted octanol–water partition coefficient (Wildman–Crippen LogP) is 2.82. The molecule has 2 aromatic carbocycles. The number of methoxy groups -OCH3 is 1. The number of hydrogen-bond donors (Lipinski definition) is 1. The van der Waals surface area contributed by atoms with Gasteiger partial charge in [0.25, 0.3) is 11.8 Å². The fourth-order valence-corrected chi connectivity index (χ4v) is 8.50. The van der Waals surface area contributed by atoms with Gasteiger partial charge in [-0.15, -0.1) is 0 Å². The van der Waals surface area contributed by atoms with Crippen molar-refractivity contribution in [3.63, 3.8) is 0 Å². The molecule has 50 heavy (non-hydrogen) atoms. The molecule has 14 heteroatoms. The van der Waals surface area contributed by atoms with Crippen molar-refractivity contribution in [2.45, 2.75) is 57.5 Å². The van der Waals surface area contributed by atoms with Crippen LogP contribution in [-0.2, 0) is 9.59 Å². The summed E-state index contributed by atoms with van der Waals surface area (Å²) in [5.74, 6) is -1.03. The Kier molecular flexibility index (Phi) is 9.49. The van der Waals surface area contributed by atoms with Crippen LogP contribution in [0.3, 0.4) is 0 Å². The van der Waals surface area contributed by atoms with E-state index in [0.717, 1.165) is 106 Å².